The number of benzene rings is 1. The number of halogens is 1. The molecule has 1 aromatic heterocycles. The number of rotatable bonds is 7. The molecule has 1 aromatic carbocycles. The van der Waals surface area contributed by atoms with Crippen LogP contribution in [0.5, 0.6) is 0 Å². The summed E-state index contributed by atoms with van der Waals surface area (Å²) >= 11 is 8.09. The number of nitro groups is 1. The molecule has 0 aliphatic heterocycles. The SMILES string of the molecule is C[C@@H](Sc1ccsc1[N+](=O)[O-])C(=O)NCCc1ccc(Cl)cc1. The Morgan fingerprint density at radius 3 is 2.74 bits per heavy atom. The second-order valence-electron chi connectivity index (χ2n) is 4.77. The molecule has 2 rings (SSSR count). The van der Waals surface area contributed by atoms with Gasteiger partial charge in [-0.25, -0.2) is 0 Å². The molecule has 0 saturated carbocycles. The van der Waals surface area contributed by atoms with E-state index in [1.165, 1.54) is 11.8 Å². The van der Waals surface area contributed by atoms with Crippen LogP contribution < -0.4 is 5.32 Å². The highest BCUT2D eigenvalue weighted by molar-refractivity contribution is 8.00. The van der Waals surface area contributed by atoms with Gasteiger partial charge in [0.25, 0.3) is 0 Å². The van der Waals surface area contributed by atoms with Crippen molar-refractivity contribution >= 4 is 45.6 Å². The summed E-state index contributed by atoms with van der Waals surface area (Å²) in [6.07, 6.45) is 0.707. The predicted molar refractivity (Wildman–Crippen MR) is 94.5 cm³/mol. The van der Waals surface area contributed by atoms with Crippen LogP contribution in [-0.2, 0) is 11.2 Å². The Kier molecular flexibility index (Phi) is 6.44. The van der Waals surface area contributed by atoms with Crippen LogP contribution in [0.15, 0.2) is 40.6 Å². The number of carbonyl (C=O) groups is 1. The number of amides is 1. The third kappa shape index (κ3) is 5.23. The van der Waals surface area contributed by atoms with Crippen LogP contribution in [0, 0.1) is 10.1 Å². The number of thioether (sulfide) groups is 1. The fraction of sp³-hybridized carbons (Fsp3) is 0.267. The molecule has 2 aromatic rings. The summed E-state index contributed by atoms with van der Waals surface area (Å²) in [6, 6.07) is 9.13. The summed E-state index contributed by atoms with van der Waals surface area (Å²) in [6.45, 7) is 2.25. The lowest BCUT2D eigenvalue weighted by atomic mass is 10.1. The molecule has 0 spiro atoms. The van der Waals surface area contributed by atoms with Gasteiger partial charge in [-0.15, -0.1) is 11.8 Å². The number of carbonyl (C=O) groups excluding carboxylic acids is 1. The molecule has 1 amide bonds. The summed E-state index contributed by atoms with van der Waals surface area (Å²) in [4.78, 5) is 23.1. The second-order valence-corrected chi connectivity index (χ2v) is 7.49. The van der Waals surface area contributed by atoms with Crippen LogP contribution in [-0.4, -0.2) is 22.6 Å². The Morgan fingerprint density at radius 2 is 2.09 bits per heavy atom. The van der Waals surface area contributed by atoms with Gasteiger partial charge in [-0.05, 0) is 42.5 Å². The molecule has 0 fully saturated rings. The van der Waals surface area contributed by atoms with Gasteiger partial charge in [0.15, 0.2) is 0 Å². The van der Waals surface area contributed by atoms with E-state index in [9.17, 15) is 14.9 Å². The van der Waals surface area contributed by atoms with Crippen molar-refractivity contribution in [1.29, 1.82) is 0 Å². The summed E-state index contributed by atoms with van der Waals surface area (Å²) in [7, 11) is 0. The lowest BCUT2D eigenvalue weighted by Crippen LogP contribution is -2.32. The minimum Gasteiger partial charge on any atom is -0.355 e. The molecule has 0 bridgehead atoms. The van der Waals surface area contributed by atoms with E-state index >= 15 is 0 Å². The van der Waals surface area contributed by atoms with Gasteiger partial charge in [0.05, 0.1) is 15.1 Å². The second kappa shape index (κ2) is 8.33. The minimum atomic E-state index is -0.418. The lowest BCUT2D eigenvalue weighted by molar-refractivity contribution is -0.382. The summed E-state index contributed by atoms with van der Waals surface area (Å²) in [5.74, 6) is -0.135. The normalized spacial score (nSPS) is 11.9. The third-order valence-corrected chi connectivity index (χ3v) is 5.47. The van der Waals surface area contributed by atoms with Crippen LogP contribution in [0.3, 0.4) is 0 Å². The van der Waals surface area contributed by atoms with Crippen molar-refractivity contribution in [3.05, 3.63) is 56.4 Å². The fourth-order valence-electron chi connectivity index (χ4n) is 1.88. The minimum absolute atomic E-state index is 0.0795. The maximum atomic E-state index is 12.1. The molecule has 23 heavy (non-hydrogen) atoms. The zero-order valence-electron chi connectivity index (χ0n) is 12.3. The number of hydrogen-bond acceptors (Lipinski definition) is 5. The molecule has 0 saturated heterocycles. The van der Waals surface area contributed by atoms with Crippen molar-refractivity contribution in [2.45, 2.75) is 23.5 Å². The maximum absolute atomic E-state index is 12.1. The van der Waals surface area contributed by atoms with Crippen LogP contribution >= 0.6 is 34.7 Å². The van der Waals surface area contributed by atoms with E-state index in [1.54, 1.807) is 18.4 Å². The van der Waals surface area contributed by atoms with Gasteiger partial charge in [-0.3, -0.25) is 14.9 Å². The highest BCUT2D eigenvalue weighted by Crippen LogP contribution is 2.36. The van der Waals surface area contributed by atoms with Crippen molar-refractivity contribution in [1.82, 2.24) is 5.32 Å². The highest BCUT2D eigenvalue weighted by atomic mass is 35.5. The van der Waals surface area contributed by atoms with E-state index < -0.39 is 10.2 Å². The zero-order chi connectivity index (χ0) is 16.8. The maximum Gasteiger partial charge on any atom is 0.337 e. The first-order valence-corrected chi connectivity index (χ1v) is 9.02. The molecule has 0 radical (unpaired) electrons. The first-order chi connectivity index (χ1) is 11.0. The summed E-state index contributed by atoms with van der Waals surface area (Å²) < 4.78 is 0. The van der Waals surface area contributed by atoms with Crippen molar-refractivity contribution in [2.24, 2.45) is 0 Å². The molecule has 0 aliphatic carbocycles. The number of nitrogens with one attached hydrogen (secondary N) is 1. The molecule has 0 unspecified atom stereocenters. The number of thiophene rings is 1. The molecular weight excluding hydrogens is 356 g/mol. The van der Waals surface area contributed by atoms with Gasteiger partial charge in [-0.1, -0.05) is 35.1 Å². The molecule has 122 valence electrons. The first kappa shape index (κ1) is 17.8. The van der Waals surface area contributed by atoms with Gasteiger partial charge in [-0.2, -0.15) is 0 Å². The largest absolute Gasteiger partial charge is 0.355 e. The predicted octanol–water partition coefficient (Wildman–Crippen LogP) is 4.15. The first-order valence-electron chi connectivity index (χ1n) is 6.88. The average molecular weight is 371 g/mol. The molecule has 0 aliphatic rings. The highest BCUT2D eigenvalue weighted by Gasteiger charge is 2.21. The quantitative estimate of drug-likeness (QED) is 0.451. The van der Waals surface area contributed by atoms with Crippen molar-refractivity contribution in [2.75, 3.05) is 6.54 Å². The standard InChI is InChI=1S/C15H15ClN2O3S2/c1-10(23-13-7-9-22-15(13)18(20)21)14(19)17-8-6-11-2-4-12(16)5-3-11/h2-5,7,9-10H,6,8H2,1H3,(H,17,19)/t10-/m1/s1. The van der Waals surface area contributed by atoms with Crippen molar-refractivity contribution in [3.8, 4) is 0 Å². The van der Waals surface area contributed by atoms with Gasteiger partial charge >= 0.3 is 5.00 Å². The lowest BCUT2D eigenvalue weighted by Gasteiger charge is -2.11. The zero-order valence-corrected chi connectivity index (χ0v) is 14.7. The van der Waals surface area contributed by atoms with Gasteiger partial charge in [0, 0.05) is 11.6 Å². The topological polar surface area (TPSA) is 72.2 Å². The Balaban J connectivity index is 1.82. The van der Waals surface area contributed by atoms with Gasteiger partial charge < -0.3 is 5.32 Å². The molecule has 5 nitrogen and oxygen atoms in total. The summed E-state index contributed by atoms with van der Waals surface area (Å²) in [5.41, 5.74) is 1.09. The molecule has 8 heteroatoms. The van der Waals surface area contributed by atoms with Crippen LogP contribution in [0.25, 0.3) is 0 Å². The smallest absolute Gasteiger partial charge is 0.337 e. The summed E-state index contributed by atoms with van der Waals surface area (Å²) in [5, 5.41) is 15.8. The Hall–Kier alpha value is -1.57. The number of nitrogens with zero attached hydrogens (tertiary/aromatic N) is 1. The van der Waals surface area contributed by atoms with Crippen LogP contribution in [0.4, 0.5) is 5.00 Å². The van der Waals surface area contributed by atoms with Crippen molar-refractivity contribution in [3.63, 3.8) is 0 Å². The van der Waals surface area contributed by atoms with E-state index in [1.807, 2.05) is 24.3 Å². The Labute approximate surface area is 147 Å². The van der Waals surface area contributed by atoms with E-state index in [0.29, 0.717) is 22.9 Å². The van der Waals surface area contributed by atoms with Gasteiger partial charge in [0.1, 0.15) is 0 Å². The van der Waals surface area contributed by atoms with Gasteiger partial charge in [0.2, 0.25) is 5.91 Å². The molecule has 1 atom stereocenters. The van der Waals surface area contributed by atoms with E-state index in [2.05, 4.69) is 5.32 Å². The Bertz CT molecular complexity index is 688. The monoisotopic (exact) mass is 370 g/mol. The van der Waals surface area contributed by atoms with E-state index in [-0.39, 0.29) is 10.9 Å². The van der Waals surface area contributed by atoms with Crippen molar-refractivity contribution < 1.29 is 9.72 Å². The van der Waals surface area contributed by atoms with E-state index in [4.69, 9.17) is 11.6 Å². The van der Waals surface area contributed by atoms with Crippen LogP contribution in [0.2, 0.25) is 5.02 Å². The fourth-order valence-corrected chi connectivity index (χ4v) is 3.88. The molecular formula is C15H15ClN2O3S2. The van der Waals surface area contributed by atoms with Crippen LogP contribution in [0.1, 0.15) is 12.5 Å². The third-order valence-electron chi connectivity index (χ3n) is 3.07. The molecule has 1 N–H and O–H groups in total. The molecule has 1 heterocycles. The number of hydrogen-bond donors (Lipinski definition) is 1. The average Bonchev–Trinajstić information content (AvgIpc) is 2.97. The Morgan fingerprint density at radius 1 is 1.39 bits per heavy atom. The van der Waals surface area contributed by atoms with E-state index in [0.717, 1.165) is 16.9 Å².